The zero-order valence-corrected chi connectivity index (χ0v) is 14.4. The van der Waals surface area contributed by atoms with Crippen LogP contribution in [-0.2, 0) is 24.2 Å². The molecule has 118 valence electrons. The first kappa shape index (κ1) is 16.9. The topological polar surface area (TPSA) is 45.2 Å². The highest BCUT2D eigenvalue weighted by Crippen LogP contribution is 2.12. The van der Waals surface area contributed by atoms with Gasteiger partial charge in [0.05, 0.1) is 12.1 Å². The predicted octanol–water partition coefficient (Wildman–Crippen LogP) is 2.76. The Bertz CT molecular complexity index is 610. The van der Waals surface area contributed by atoms with Gasteiger partial charge in [0, 0.05) is 23.5 Å². The van der Waals surface area contributed by atoms with E-state index in [1.165, 1.54) is 0 Å². The quantitative estimate of drug-likeness (QED) is 0.845. The summed E-state index contributed by atoms with van der Waals surface area (Å²) < 4.78 is 0. The van der Waals surface area contributed by atoms with Crippen LogP contribution in [0.15, 0.2) is 29.6 Å². The zero-order valence-electron chi connectivity index (χ0n) is 12.8. The van der Waals surface area contributed by atoms with E-state index in [0.29, 0.717) is 13.0 Å². The lowest BCUT2D eigenvalue weighted by Crippen LogP contribution is -2.27. The Morgan fingerprint density at radius 3 is 2.73 bits per heavy atom. The van der Waals surface area contributed by atoms with Gasteiger partial charge in [-0.15, -0.1) is 11.3 Å². The summed E-state index contributed by atoms with van der Waals surface area (Å²) in [6.45, 7) is 1.43. The Balaban J connectivity index is 1.73. The molecule has 0 fully saturated rings. The second-order valence-corrected chi connectivity index (χ2v) is 6.75. The smallest absolute Gasteiger partial charge is 0.226 e. The van der Waals surface area contributed by atoms with Gasteiger partial charge in [-0.3, -0.25) is 4.79 Å². The molecule has 0 aliphatic carbocycles. The molecule has 2 aromatic rings. The summed E-state index contributed by atoms with van der Waals surface area (Å²) in [7, 11) is 4.01. The molecule has 22 heavy (non-hydrogen) atoms. The van der Waals surface area contributed by atoms with E-state index >= 15 is 0 Å². The molecular weight excluding hydrogens is 318 g/mol. The van der Waals surface area contributed by atoms with Crippen LogP contribution in [0.3, 0.4) is 0 Å². The van der Waals surface area contributed by atoms with Gasteiger partial charge in [0.25, 0.3) is 0 Å². The summed E-state index contributed by atoms with van der Waals surface area (Å²) in [4.78, 5) is 18.4. The van der Waals surface area contributed by atoms with Crippen molar-refractivity contribution in [3.63, 3.8) is 0 Å². The largest absolute Gasteiger partial charge is 0.355 e. The maximum absolute atomic E-state index is 11.9. The minimum Gasteiger partial charge on any atom is -0.355 e. The zero-order chi connectivity index (χ0) is 15.9. The summed E-state index contributed by atoms with van der Waals surface area (Å²) in [6, 6.07) is 7.67. The van der Waals surface area contributed by atoms with Crippen LogP contribution >= 0.6 is 22.9 Å². The van der Waals surface area contributed by atoms with E-state index in [1.807, 2.05) is 43.7 Å². The van der Waals surface area contributed by atoms with E-state index in [-0.39, 0.29) is 5.91 Å². The number of amides is 1. The maximum Gasteiger partial charge on any atom is 0.226 e. The van der Waals surface area contributed by atoms with Crippen LogP contribution in [-0.4, -0.2) is 36.4 Å². The molecule has 4 nitrogen and oxygen atoms in total. The molecule has 0 atom stereocenters. The van der Waals surface area contributed by atoms with Crippen molar-refractivity contribution >= 4 is 28.8 Å². The number of hydrogen-bond donors (Lipinski definition) is 1. The van der Waals surface area contributed by atoms with Gasteiger partial charge < -0.3 is 10.2 Å². The van der Waals surface area contributed by atoms with E-state index < -0.39 is 0 Å². The summed E-state index contributed by atoms with van der Waals surface area (Å²) in [6.07, 6.45) is 1.14. The van der Waals surface area contributed by atoms with Crippen molar-refractivity contribution in [2.45, 2.75) is 19.4 Å². The standard InChI is InChI=1S/C16H20ClN3OS/c1-20(2)10-16-19-14(11-22-16)9-15(21)18-8-7-12-3-5-13(17)6-4-12/h3-6,11H,7-10H2,1-2H3,(H,18,21). The molecule has 0 spiro atoms. The third kappa shape index (κ3) is 5.75. The van der Waals surface area contributed by atoms with Crippen LogP contribution in [0.1, 0.15) is 16.3 Å². The molecule has 0 aliphatic rings. The summed E-state index contributed by atoms with van der Waals surface area (Å²) in [5.41, 5.74) is 2.00. The van der Waals surface area contributed by atoms with Crippen molar-refractivity contribution in [3.8, 4) is 0 Å². The van der Waals surface area contributed by atoms with Crippen LogP contribution in [0.25, 0.3) is 0 Å². The van der Waals surface area contributed by atoms with E-state index in [1.54, 1.807) is 11.3 Å². The summed E-state index contributed by atoms with van der Waals surface area (Å²) in [5.74, 6) is 0.00988. The minimum atomic E-state index is 0.00988. The SMILES string of the molecule is CN(C)Cc1nc(CC(=O)NCCc2ccc(Cl)cc2)cs1. The molecule has 0 saturated heterocycles. The molecule has 1 N–H and O–H groups in total. The maximum atomic E-state index is 11.9. The van der Waals surface area contributed by atoms with Crippen LogP contribution in [0.5, 0.6) is 0 Å². The van der Waals surface area contributed by atoms with Crippen LogP contribution in [0.4, 0.5) is 0 Å². The van der Waals surface area contributed by atoms with E-state index in [2.05, 4.69) is 15.2 Å². The molecule has 1 aromatic carbocycles. The molecular formula is C16H20ClN3OS. The Morgan fingerprint density at radius 1 is 1.32 bits per heavy atom. The lowest BCUT2D eigenvalue weighted by atomic mass is 10.1. The highest BCUT2D eigenvalue weighted by Gasteiger charge is 2.08. The van der Waals surface area contributed by atoms with Gasteiger partial charge in [0.15, 0.2) is 0 Å². The number of thiazole rings is 1. The van der Waals surface area contributed by atoms with Gasteiger partial charge in [0.2, 0.25) is 5.91 Å². The molecule has 0 saturated carbocycles. The van der Waals surface area contributed by atoms with Crippen molar-refractivity contribution in [1.82, 2.24) is 15.2 Å². The van der Waals surface area contributed by atoms with E-state index in [4.69, 9.17) is 11.6 Å². The molecule has 6 heteroatoms. The number of carbonyl (C=O) groups is 1. The van der Waals surface area contributed by atoms with Crippen LogP contribution < -0.4 is 5.32 Å². The van der Waals surface area contributed by atoms with Crippen LogP contribution in [0.2, 0.25) is 5.02 Å². The molecule has 1 amide bonds. The fourth-order valence-corrected chi connectivity index (χ4v) is 3.03. The van der Waals surface area contributed by atoms with Crippen molar-refractivity contribution in [2.75, 3.05) is 20.6 Å². The van der Waals surface area contributed by atoms with Gasteiger partial charge in [-0.2, -0.15) is 0 Å². The average molecular weight is 338 g/mol. The fourth-order valence-electron chi connectivity index (χ4n) is 2.00. The Morgan fingerprint density at radius 2 is 2.05 bits per heavy atom. The number of hydrogen-bond acceptors (Lipinski definition) is 4. The third-order valence-electron chi connectivity index (χ3n) is 3.04. The number of nitrogens with zero attached hydrogens (tertiary/aromatic N) is 2. The Labute approximate surface area is 140 Å². The Kier molecular flexibility index (Phi) is 6.36. The first-order valence-corrected chi connectivity index (χ1v) is 8.38. The highest BCUT2D eigenvalue weighted by atomic mass is 35.5. The number of carbonyl (C=O) groups excluding carboxylic acids is 1. The lowest BCUT2D eigenvalue weighted by Gasteiger charge is -2.05. The monoisotopic (exact) mass is 337 g/mol. The third-order valence-corrected chi connectivity index (χ3v) is 4.18. The van der Waals surface area contributed by atoms with Crippen molar-refractivity contribution < 1.29 is 4.79 Å². The van der Waals surface area contributed by atoms with E-state index in [0.717, 1.165) is 34.3 Å². The summed E-state index contributed by atoms with van der Waals surface area (Å²) in [5, 5.41) is 6.65. The molecule has 0 aliphatic heterocycles. The van der Waals surface area contributed by atoms with E-state index in [9.17, 15) is 4.79 Å². The molecule has 2 rings (SSSR count). The number of benzene rings is 1. The fraction of sp³-hybridized carbons (Fsp3) is 0.375. The normalized spacial score (nSPS) is 10.9. The second-order valence-electron chi connectivity index (χ2n) is 5.37. The van der Waals surface area contributed by atoms with Gasteiger partial charge >= 0.3 is 0 Å². The first-order valence-electron chi connectivity index (χ1n) is 7.12. The van der Waals surface area contributed by atoms with Crippen molar-refractivity contribution in [3.05, 3.63) is 50.9 Å². The molecule has 1 aromatic heterocycles. The number of halogens is 1. The first-order chi connectivity index (χ1) is 10.5. The molecule has 0 unspecified atom stereocenters. The van der Waals surface area contributed by atoms with Gasteiger partial charge in [-0.05, 0) is 38.2 Å². The molecule has 1 heterocycles. The van der Waals surface area contributed by atoms with Gasteiger partial charge in [-0.1, -0.05) is 23.7 Å². The van der Waals surface area contributed by atoms with Gasteiger partial charge in [0.1, 0.15) is 5.01 Å². The molecule has 0 radical (unpaired) electrons. The summed E-state index contributed by atoms with van der Waals surface area (Å²) >= 11 is 7.44. The van der Waals surface area contributed by atoms with Crippen LogP contribution in [0, 0.1) is 0 Å². The minimum absolute atomic E-state index is 0.00988. The predicted molar refractivity (Wildman–Crippen MR) is 91.4 cm³/mol. The van der Waals surface area contributed by atoms with Crippen molar-refractivity contribution in [2.24, 2.45) is 0 Å². The highest BCUT2D eigenvalue weighted by molar-refractivity contribution is 7.09. The number of rotatable bonds is 7. The van der Waals surface area contributed by atoms with Gasteiger partial charge in [-0.25, -0.2) is 4.98 Å². The average Bonchev–Trinajstić information content (AvgIpc) is 2.87. The molecule has 0 bridgehead atoms. The lowest BCUT2D eigenvalue weighted by molar-refractivity contribution is -0.120. The van der Waals surface area contributed by atoms with Crippen molar-refractivity contribution in [1.29, 1.82) is 0 Å². The Hall–Kier alpha value is -1.43. The number of aromatic nitrogens is 1. The second kappa shape index (κ2) is 8.27. The number of nitrogens with one attached hydrogen (secondary N) is 1.